The van der Waals surface area contributed by atoms with Crippen LogP contribution in [0.3, 0.4) is 0 Å². The van der Waals surface area contributed by atoms with Crippen molar-refractivity contribution in [3.8, 4) is 17.2 Å². The number of hydrogen-bond acceptors (Lipinski definition) is 2. The third kappa shape index (κ3) is 3.30. The minimum absolute atomic E-state index is 0.00878. The van der Waals surface area contributed by atoms with E-state index in [0.29, 0.717) is 6.20 Å². The summed E-state index contributed by atoms with van der Waals surface area (Å²) in [5, 5.41) is 9.01. The van der Waals surface area contributed by atoms with E-state index in [1.165, 1.54) is 12.1 Å². The fourth-order valence-corrected chi connectivity index (χ4v) is 2.47. The van der Waals surface area contributed by atoms with E-state index in [4.69, 9.17) is 40.1 Å². The molecule has 0 saturated carbocycles. The van der Waals surface area contributed by atoms with Crippen molar-refractivity contribution in [1.29, 1.82) is 5.26 Å². The van der Waals surface area contributed by atoms with Gasteiger partial charge in [-0.05, 0) is 12.1 Å². The molecular weight excluding hydrogens is 360 g/mol. The van der Waals surface area contributed by atoms with E-state index in [-0.39, 0.29) is 38.3 Å². The lowest BCUT2D eigenvalue weighted by Gasteiger charge is -2.13. The van der Waals surface area contributed by atoms with Gasteiger partial charge in [-0.25, -0.2) is 0 Å². The number of rotatable bonds is 2. The van der Waals surface area contributed by atoms with Crippen molar-refractivity contribution in [2.75, 3.05) is 0 Å². The molecule has 1 aromatic heterocycles. The molecule has 0 aliphatic rings. The largest absolute Gasteiger partial charge is 0.417 e. The monoisotopic (exact) mass is 364 g/mol. The van der Waals surface area contributed by atoms with Gasteiger partial charge in [0.2, 0.25) is 0 Å². The summed E-state index contributed by atoms with van der Waals surface area (Å²) in [4.78, 5) is 3.73. The third-order valence-corrected chi connectivity index (χ3v) is 4.16. The van der Waals surface area contributed by atoms with Gasteiger partial charge >= 0.3 is 6.18 Å². The molecule has 22 heavy (non-hydrogen) atoms. The number of nitriles is 1. The normalized spacial score (nSPS) is 11.3. The lowest BCUT2D eigenvalue weighted by molar-refractivity contribution is -0.137. The van der Waals surface area contributed by atoms with E-state index in [1.54, 1.807) is 0 Å². The molecule has 114 valence electrons. The maximum atomic E-state index is 12.9. The van der Waals surface area contributed by atoms with Crippen LogP contribution < -0.4 is 0 Å². The maximum Gasteiger partial charge on any atom is 0.417 e. The van der Waals surface area contributed by atoms with Crippen molar-refractivity contribution in [2.24, 2.45) is 0 Å². The van der Waals surface area contributed by atoms with Crippen LogP contribution in [0.1, 0.15) is 11.3 Å². The summed E-state index contributed by atoms with van der Waals surface area (Å²) in [5.41, 5.74) is -0.429. The Morgan fingerprint density at radius 3 is 2.36 bits per heavy atom. The Morgan fingerprint density at radius 1 is 1.09 bits per heavy atom. The van der Waals surface area contributed by atoms with Crippen LogP contribution in [0.2, 0.25) is 15.1 Å². The molecule has 0 atom stereocenters. The van der Waals surface area contributed by atoms with Crippen LogP contribution >= 0.6 is 34.8 Å². The molecular formula is C14H6Cl3F3N2. The summed E-state index contributed by atoms with van der Waals surface area (Å²) in [6, 6.07) is 5.60. The number of pyridine rings is 1. The Bertz CT molecular complexity index is 767. The van der Waals surface area contributed by atoms with Crippen LogP contribution in [0.15, 0.2) is 24.4 Å². The van der Waals surface area contributed by atoms with Gasteiger partial charge in [0, 0.05) is 17.3 Å². The van der Waals surface area contributed by atoms with Gasteiger partial charge in [-0.3, -0.25) is 4.98 Å². The van der Waals surface area contributed by atoms with Crippen molar-refractivity contribution in [1.82, 2.24) is 4.98 Å². The minimum atomic E-state index is -4.56. The summed E-state index contributed by atoms with van der Waals surface area (Å²) in [6.07, 6.45) is -4.04. The van der Waals surface area contributed by atoms with Crippen molar-refractivity contribution < 1.29 is 13.2 Å². The van der Waals surface area contributed by atoms with Gasteiger partial charge in [0.1, 0.15) is 0 Å². The van der Waals surface area contributed by atoms with E-state index in [9.17, 15) is 13.2 Å². The number of halogens is 6. The molecule has 2 rings (SSSR count). The summed E-state index contributed by atoms with van der Waals surface area (Å²) < 4.78 is 38.6. The maximum absolute atomic E-state index is 12.9. The van der Waals surface area contributed by atoms with Crippen molar-refractivity contribution in [3.63, 3.8) is 0 Å². The second-order valence-corrected chi connectivity index (χ2v) is 5.44. The highest BCUT2D eigenvalue weighted by molar-refractivity contribution is 6.49. The molecule has 2 nitrogen and oxygen atoms in total. The van der Waals surface area contributed by atoms with E-state index < -0.39 is 11.7 Å². The molecule has 1 heterocycles. The lowest BCUT2D eigenvalue weighted by Crippen LogP contribution is -2.07. The molecule has 0 aliphatic carbocycles. The quantitative estimate of drug-likeness (QED) is 0.631. The molecule has 0 bridgehead atoms. The second kappa shape index (κ2) is 6.33. The van der Waals surface area contributed by atoms with E-state index in [2.05, 4.69) is 4.98 Å². The van der Waals surface area contributed by atoms with Gasteiger partial charge < -0.3 is 0 Å². The molecule has 0 N–H and O–H groups in total. The van der Waals surface area contributed by atoms with Gasteiger partial charge in [-0.15, -0.1) is 0 Å². The van der Waals surface area contributed by atoms with Gasteiger partial charge in [-0.1, -0.05) is 40.9 Å². The first-order valence-electron chi connectivity index (χ1n) is 5.82. The first-order valence-corrected chi connectivity index (χ1v) is 6.96. The lowest BCUT2D eigenvalue weighted by atomic mass is 10.0. The van der Waals surface area contributed by atoms with Crippen LogP contribution in [0, 0.1) is 11.3 Å². The Hall–Kier alpha value is -1.48. The van der Waals surface area contributed by atoms with Crippen LogP contribution in [0.5, 0.6) is 0 Å². The fraction of sp³-hybridized carbons (Fsp3) is 0.143. The third-order valence-electron chi connectivity index (χ3n) is 2.87. The first kappa shape index (κ1) is 16.9. The molecule has 8 heteroatoms. The van der Waals surface area contributed by atoms with Gasteiger partial charge in [0.05, 0.1) is 38.8 Å². The summed E-state index contributed by atoms with van der Waals surface area (Å²) in [5.74, 6) is 0. The predicted octanol–water partition coefficient (Wildman–Crippen LogP) is 5.79. The van der Waals surface area contributed by atoms with Crippen LogP contribution in [0.25, 0.3) is 11.1 Å². The number of hydrogen-bond donors (Lipinski definition) is 0. The average molecular weight is 366 g/mol. The molecule has 0 unspecified atom stereocenters. The van der Waals surface area contributed by atoms with E-state index >= 15 is 0 Å². The molecule has 1 aromatic carbocycles. The molecule has 0 aliphatic heterocycles. The number of alkyl halides is 3. The predicted molar refractivity (Wildman–Crippen MR) is 79.0 cm³/mol. The zero-order chi connectivity index (χ0) is 16.5. The minimum Gasteiger partial charge on any atom is -0.259 e. The van der Waals surface area contributed by atoms with Crippen molar-refractivity contribution in [3.05, 3.63) is 50.7 Å². The summed E-state index contributed by atoms with van der Waals surface area (Å²) >= 11 is 17.8. The Labute approximate surface area is 139 Å². The SMILES string of the molecule is N#CCc1ncc(C(F)(F)F)cc1-c1ccc(Cl)c(Cl)c1Cl. The smallest absolute Gasteiger partial charge is 0.259 e. The zero-order valence-electron chi connectivity index (χ0n) is 10.7. The van der Waals surface area contributed by atoms with Crippen LogP contribution in [-0.4, -0.2) is 4.98 Å². The fourth-order valence-electron chi connectivity index (χ4n) is 1.83. The highest BCUT2D eigenvalue weighted by Crippen LogP contribution is 2.40. The molecule has 0 spiro atoms. The summed E-state index contributed by atoms with van der Waals surface area (Å²) in [7, 11) is 0. The second-order valence-electron chi connectivity index (χ2n) is 4.27. The number of nitrogens with zero attached hydrogens (tertiary/aromatic N) is 2. The number of aromatic nitrogens is 1. The van der Waals surface area contributed by atoms with E-state index in [1.807, 2.05) is 6.07 Å². The van der Waals surface area contributed by atoms with Crippen molar-refractivity contribution >= 4 is 34.8 Å². The molecule has 0 saturated heterocycles. The van der Waals surface area contributed by atoms with Gasteiger partial charge in [0.15, 0.2) is 0 Å². The highest BCUT2D eigenvalue weighted by atomic mass is 35.5. The Kier molecular flexibility index (Phi) is 4.86. The summed E-state index contributed by atoms with van der Waals surface area (Å²) in [6.45, 7) is 0. The average Bonchev–Trinajstić information content (AvgIpc) is 2.45. The Balaban J connectivity index is 2.72. The standard InChI is InChI=1S/C14H6Cl3F3N2/c15-10-2-1-8(12(16)13(10)17)9-5-7(14(18,19)20)6-22-11(9)3-4-21/h1-2,5-6H,3H2. The Morgan fingerprint density at radius 2 is 1.77 bits per heavy atom. The molecule has 2 aromatic rings. The molecule has 0 fully saturated rings. The topological polar surface area (TPSA) is 36.7 Å². The highest BCUT2D eigenvalue weighted by Gasteiger charge is 2.32. The van der Waals surface area contributed by atoms with Crippen LogP contribution in [0.4, 0.5) is 13.2 Å². The molecule has 0 amide bonds. The van der Waals surface area contributed by atoms with Crippen LogP contribution in [-0.2, 0) is 12.6 Å². The zero-order valence-corrected chi connectivity index (χ0v) is 12.9. The first-order chi connectivity index (χ1) is 10.3. The van der Waals surface area contributed by atoms with Gasteiger partial charge in [0.25, 0.3) is 0 Å². The molecule has 0 radical (unpaired) electrons. The van der Waals surface area contributed by atoms with Gasteiger partial charge in [-0.2, -0.15) is 18.4 Å². The number of benzene rings is 1. The van der Waals surface area contributed by atoms with Crippen molar-refractivity contribution in [2.45, 2.75) is 12.6 Å². The van der Waals surface area contributed by atoms with E-state index in [0.717, 1.165) is 6.07 Å².